The number of nitrogens with zero attached hydrogens (tertiary/aromatic N) is 4. The predicted octanol–water partition coefficient (Wildman–Crippen LogP) is 14.4. The van der Waals surface area contributed by atoms with Crippen molar-refractivity contribution in [2.24, 2.45) is 0 Å². The molecule has 0 bridgehead atoms. The summed E-state index contributed by atoms with van der Waals surface area (Å²) in [4.78, 5) is 14.6. The van der Waals surface area contributed by atoms with Crippen LogP contribution in [0.5, 0.6) is 0 Å². The quantitative estimate of drug-likeness (QED) is 0.157. The Morgan fingerprint density at radius 3 is 1.48 bits per heavy atom. The van der Waals surface area contributed by atoms with E-state index in [4.69, 9.17) is 15.0 Å². The third-order valence-electron chi connectivity index (χ3n) is 10.3. The minimum Gasteiger partial charge on any atom is -0.308 e. The molecule has 9 rings (SSSR count). The summed E-state index contributed by atoms with van der Waals surface area (Å²) in [7, 11) is 0. The maximum Gasteiger partial charge on any atom is 0.417 e. The highest BCUT2D eigenvalue weighted by molar-refractivity contribution is 6.11. The van der Waals surface area contributed by atoms with Gasteiger partial charge < -0.3 is 4.57 Å². The molecule has 302 valence electrons. The molecular weight excluding hydrogens is 804 g/mol. The minimum absolute atomic E-state index is 0.0763. The van der Waals surface area contributed by atoms with Crippen molar-refractivity contribution in [1.82, 2.24) is 19.5 Å². The Balaban J connectivity index is 1.34. The van der Waals surface area contributed by atoms with Gasteiger partial charge in [-0.25, -0.2) is 15.0 Å². The van der Waals surface area contributed by atoms with Crippen LogP contribution in [0, 0.1) is 0 Å². The molecule has 0 aliphatic carbocycles. The molecule has 0 N–H and O–H groups in total. The van der Waals surface area contributed by atoms with Crippen molar-refractivity contribution in [1.29, 1.82) is 0 Å². The second-order valence-electron chi connectivity index (χ2n) is 14.2. The van der Waals surface area contributed by atoms with Crippen LogP contribution in [0.3, 0.4) is 0 Å². The molecule has 0 aliphatic rings. The first kappa shape index (κ1) is 39.2. The number of aromatic nitrogens is 4. The fourth-order valence-electron chi connectivity index (χ4n) is 7.52. The fourth-order valence-corrected chi connectivity index (χ4v) is 7.52. The monoisotopic (exact) mass is 830 g/mol. The minimum atomic E-state index is -5.06. The van der Waals surface area contributed by atoms with Crippen molar-refractivity contribution in [2.45, 2.75) is 18.5 Å². The zero-order chi connectivity index (χ0) is 42.7. The zero-order valence-electron chi connectivity index (χ0n) is 31.3. The van der Waals surface area contributed by atoms with Crippen LogP contribution in [-0.2, 0) is 18.5 Å². The lowest BCUT2D eigenvalue weighted by Gasteiger charge is -2.18. The molecule has 0 radical (unpaired) electrons. The van der Waals surface area contributed by atoms with E-state index in [2.05, 4.69) is 0 Å². The normalized spacial score (nSPS) is 12.3. The Labute approximate surface area is 341 Å². The van der Waals surface area contributed by atoms with E-state index >= 15 is 0 Å². The first-order valence-electron chi connectivity index (χ1n) is 18.6. The van der Waals surface area contributed by atoms with Gasteiger partial charge in [0, 0.05) is 27.5 Å². The van der Waals surface area contributed by atoms with E-state index < -0.39 is 35.2 Å². The molecule has 0 amide bonds. The number of hydrogen-bond donors (Lipinski definition) is 0. The van der Waals surface area contributed by atoms with Crippen molar-refractivity contribution in [3.63, 3.8) is 0 Å². The number of rotatable bonds is 6. The van der Waals surface area contributed by atoms with Crippen LogP contribution in [0.25, 0.3) is 83.9 Å². The average molecular weight is 831 g/mol. The maximum absolute atomic E-state index is 14.5. The Morgan fingerprint density at radius 1 is 0.344 bits per heavy atom. The summed E-state index contributed by atoms with van der Waals surface area (Å²) in [6, 6.07) is 41.2. The van der Waals surface area contributed by atoms with Gasteiger partial charge in [0.15, 0.2) is 17.5 Å². The van der Waals surface area contributed by atoms with E-state index in [-0.39, 0.29) is 34.1 Å². The summed E-state index contributed by atoms with van der Waals surface area (Å²) in [5, 5.41) is 1.02. The first-order chi connectivity index (χ1) is 29.1. The molecule has 61 heavy (non-hydrogen) atoms. The number of hydrogen-bond acceptors (Lipinski definition) is 3. The molecule has 2 aromatic heterocycles. The van der Waals surface area contributed by atoms with Crippen molar-refractivity contribution in [3.05, 3.63) is 180 Å². The van der Waals surface area contributed by atoms with Crippen molar-refractivity contribution >= 4 is 21.8 Å². The van der Waals surface area contributed by atoms with Gasteiger partial charge in [0.1, 0.15) is 0 Å². The van der Waals surface area contributed by atoms with Crippen LogP contribution in [0.1, 0.15) is 16.7 Å². The number of para-hydroxylation sites is 1. The van der Waals surface area contributed by atoms with Gasteiger partial charge in [-0.15, -0.1) is 0 Å². The van der Waals surface area contributed by atoms with E-state index in [1.807, 2.05) is 60.7 Å². The molecule has 0 atom stereocenters. The van der Waals surface area contributed by atoms with Crippen LogP contribution in [0.2, 0.25) is 0 Å². The summed E-state index contributed by atoms with van der Waals surface area (Å²) >= 11 is 0. The lowest BCUT2D eigenvalue weighted by atomic mass is 9.96. The third kappa shape index (κ3) is 7.47. The average Bonchev–Trinajstić information content (AvgIpc) is 3.59. The number of fused-ring (bicyclic) bond motifs is 3. The van der Waals surface area contributed by atoms with Crippen LogP contribution in [0.4, 0.5) is 39.5 Å². The van der Waals surface area contributed by atoms with Gasteiger partial charge in [-0.3, -0.25) is 0 Å². The summed E-state index contributed by atoms with van der Waals surface area (Å²) in [5.74, 6) is 0.839. The van der Waals surface area contributed by atoms with Gasteiger partial charge in [0.25, 0.3) is 0 Å². The summed E-state index contributed by atoms with van der Waals surface area (Å²) in [5.41, 5.74) is -0.810. The van der Waals surface area contributed by atoms with Gasteiger partial charge in [-0.05, 0) is 76.9 Å². The smallest absolute Gasteiger partial charge is 0.308 e. The Hall–Kier alpha value is -7.28. The third-order valence-corrected chi connectivity index (χ3v) is 10.3. The molecule has 0 spiro atoms. The molecule has 0 saturated carbocycles. The molecule has 2 heterocycles. The zero-order valence-corrected chi connectivity index (χ0v) is 31.3. The largest absolute Gasteiger partial charge is 0.417 e. The Morgan fingerprint density at radius 2 is 0.869 bits per heavy atom. The van der Waals surface area contributed by atoms with Gasteiger partial charge in [0.2, 0.25) is 0 Å². The second kappa shape index (κ2) is 14.8. The molecule has 9 aromatic rings. The standard InChI is InChI=1S/C48H27F9N4/c49-46(50,51)33-23-32(24-34(27-33)47(52,53)54)30-20-22-41-38(25-30)36-16-8-10-18-40(36)61(41)42-26-31(35-15-7-9-17-39(35)48(55,56)57)19-21-37(42)45-59-43(28-11-3-1-4-12-28)58-44(60-45)29-13-5-2-6-14-29/h1-27H. The van der Waals surface area contributed by atoms with E-state index in [1.54, 1.807) is 53.1 Å². The van der Waals surface area contributed by atoms with E-state index in [1.165, 1.54) is 30.3 Å². The highest BCUT2D eigenvalue weighted by Crippen LogP contribution is 2.44. The van der Waals surface area contributed by atoms with Crippen molar-refractivity contribution in [2.75, 3.05) is 0 Å². The van der Waals surface area contributed by atoms with Gasteiger partial charge in [-0.2, -0.15) is 39.5 Å². The summed E-state index contributed by atoms with van der Waals surface area (Å²) in [6.07, 6.45) is -14.8. The number of alkyl halides is 9. The molecular formula is C48H27F9N4. The van der Waals surface area contributed by atoms with Crippen LogP contribution in [-0.4, -0.2) is 19.5 Å². The van der Waals surface area contributed by atoms with Gasteiger partial charge in [-0.1, -0.05) is 109 Å². The highest BCUT2D eigenvalue weighted by atomic mass is 19.4. The Kier molecular flexibility index (Phi) is 9.49. The highest BCUT2D eigenvalue weighted by Gasteiger charge is 2.37. The second-order valence-corrected chi connectivity index (χ2v) is 14.2. The SMILES string of the molecule is FC(F)(F)c1cc(-c2ccc3c(c2)c2ccccc2n3-c2cc(-c3ccccc3C(F)(F)F)ccc2-c2nc(-c3ccccc3)nc(-c3ccccc3)n2)cc(C(F)(F)F)c1. The van der Waals surface area contributed by atoms with Crippen molar-refractivity contribution < 1.29 is 39.5 Å². The molecule has 0 unspecified atom stereocenters. The van der Waals surface area contributed by atoms with E-state index in [0.717, 1.165) is 6.07 Å². The fraction of sp³-hybridized carbons (Fsp3) is 0.0625. The van der Waals surface area contributed by atoms with Crippen LogP contribution in [0.15, 0.2) is 164 Å². The lowest BCUT2D eigenvalue weighted by molar-refractivity contribution is -0.143. The van der Waals surface area contributed by atoms with Gasteiger partial charge >= 0.3 is 18.5 Å². The van der Waals surface area contributed by atoms with Crippen LogP contribution < -0.4 is 0 Å². The molecule has 0 fully saturated rings. The number of halogens is 9. The van der Waals surface area contributed by atoms with E-state index in [9.17, 15) is 39.5 Å². The molecule has 4 nitrogen and oxygen atoms in total. The van der Waals surface area contributed by atoms with E-state index in [0.29, 0.717) is 68.0 Å². The van der Waals surface area contributed by atoms with Crippen molar-refractivity contribution in [3.8, 4) is 62.1 Å². The first-order valence-corrected chi connectivity index (χ1v) is 18.6. The molecule has 0 aliphatic heterocycles. The van der Waals surface area contributed by atoms with Crippen LogP contribution >= 0.6 is 0 Å². The predicted molar refractivity (Wildman–Crippen MR) is 216 cm³/mol. The van der Waals surface area contributed by atoms with Gasteiger partial charge in [0.05, 0.1) is 33.4 Å². The molecule has 0 saturated heterocycles. The number of benzene rings is 7. The summed E-state index contributed by atoms with van der Waals surface area (Å²) < 4.78 is 129. The maximum atomic E-state index is 14.5. The molecule has 7 aromatic carbocycles. The lowest BCUT2D eigenvalue weighted by Crippen LogP contribution is -2.11. The molecule has 13 heteroatoms. The topological polar surface area (TPSA) is 43.6 Å². The summed E-state index contributed by atoms with van der Waals surface area (Å²) in [6.45, 7) is 0. The Bertz CT molecular complexity index is 3010.